The molecule has 0 bridgehead atoms. The van der Waals surface area contributed by atoms with Crippen molar-refractivity contribution in [3.63, 3.8) is 0 Å². The topological polar surface area (TPSA) is 66.9 Å². The molecule has 3 rings (SSSR count). The Morgan fingerprint density at radius 2 is 1.89 bits per heavy atom. The highest BCUT2D eigenvalue weighted by atomic mass is 35.5. The van der Waals surface area contributed by atoms with Gasteiger partial charge in [-0.3, -0.25) is 9.10 Å². The number of benzene rings is 2. The van der Waals surface area contributed by atoms with E-state index in [9.17, 15) is 13.2 Å². The van der Waals surface area contributed by atoms with Crippen molar-refractivity contribution < 1.29 is 17.9 Å². The third-order valence-corrected chi connectivity index (χ3v) is 6.48. The Morgan fingerprint density at radius 1 is 1.18 bits per heavy atom. The van der Waals surface area contributed by atoms with Crippen LogP contribution in [-0.2, 0) is 14.8 Å². The number of hydrogen-bond acceptors (Lipinski definition) is 4. The minimum absolute atomic E-state index is 0.0216. The smallest absolute Gasteiger partial charge is 0.264 e. The maximum absolute atomic E-state index is 13.3. The SMILES string of the molecule is C=CCN(c1ccccc1Cl)S(=O)(=O)c1cccc(C(=O)N2CCOCC2)c1. The van der Waals surface area contributed by atoms with E-state index in [0.29, 0.717) is 42.6 Å². The number of nitrogens with zero attached hydrogens (tertiary/aromatic N) is 2. The van der Waals surface area contributed by atoms with Crippen LogP contribution < -0.4 is 4.31 Å². The van der Waals surface area contributed by atoms with Crippen LogP contribution in [0.3, 0.4) is 0 Å². The van der Waals surface area contributed by atoms with E-state index in [0.717, 1.165) is 0 Å². The fourth-order valence-electron chi connectivity index (χ4n) is 2.96. The van der Waals surface area contributed by atoms with Crippen LogP contribution in [0.1, 0.15) is 10.4 Å². The number of carbonyl (C=O) groups is 1. The lowest BCUT2D eigenvalue weighted by atomic mass is 10.2. The molecule has 0 N–H and O–H groups in total. The zero-order valence-corrected chi connectivity index (χ0v) is 16.8. The van der Waals surface area contributed by atoms with Crippen molar-refractivity contribution in [1.82, 2.24) is 4.90 Å². The quantitative estimate of drug-likeness (QED) is 0.673. The number of ether oxygens (including phenoxy) is 1. The third kappa shape index (κ3) is 4.22. The van der Waals surface area contributed by atoms with Gasteiger partial charge in [-0.15, -0.1) is 6.58 Å². The van der Waals surface area contributed by atoms with Gasteiger partial charge in [0.05, 0.1) is 35.4 Å². The van der Waals surface area contributed by atoms with Gasteiger partial charge in [0.1, 0.15) is 0 Å². The van der Waals surface area contributed by atoms with E-state index < -0.39 is 10.0 Å². The second kappa shape index (κ2) is 8.77. The first-order valence-corrected chi connectivity index (χ1v) is 10.6. The molecule has 0 atom stereocenters. The molecule has 1 amide bonds. The minimum Gasteiger partial charge on any atom is -0.378 e. The monoisotopic (exact) mass is 420 g/mol. The first-order valence-electron chi connectivity index (χ1n) is 8.80. The molecule has 0 unspecified atom stereocenters. The summed E-state index contributed by atoms with van der Waals surface area (Å²) in [6.45, 7) is 5.62. The Bertz CT molecular complexity index is 972. The van der Waals surface area contributed by atoms with Gasteiger partial charge in [0.15, 0.2) is 0 Å². The van der Waals surface area contributed by atoms with Gasteiger partial charge < -0.3 is 9.64 Å². The Morgan fingerprint density at radius 3 is 2.57 bits per heavy atom. The first kappa shape index (κ1) is 20.4. The van der Waals surface area contributed by atoms with Crippen LogP contribution in [0.4, 0.5) is 5.69 Å². The number of halogens is 1. The molecule has 28 heavy (non-hydrogen) atoms. The van der Waals surface area contributed by atoms with Crippen LogP contribution in [0, 0.1) is 0 Å². The molecule has 1 saturated heterocycles. The van der Waals surface area contributed by atoms with Crippen LogP contribution in [-0.4, -0.2) is 52.1 Å². The largest absolute Gasteiger partial charge is 0.378 e. The Hall–Kier alpha value is -2.35. The maximum Gasteiger partial charge on any atom is 0.264 e. The Kier molecular flexibility index (Phi) is 6.39. The lowest BCUT2D eigenvalue weighted by Crippen LogP contribution is -2.40. The van der Waals surface area contributed by atoms with E-state index in [-0.39, 0.29) is 17.3 Å². The molecule has 0 radical (unpaired) electrons. The minimum atomic E-state index is -3.94. The summed E-state index contributed by atoms with van der Waals surface area (Å²) in [5.74, 6) is -0.214. The van der Waals surface area contributed by atoms with Crippen molar-refractivity contribution in [3.05, 3.63) is 71.8 Å². The molecular weight excluding hydrogens is 400 g/mol. The molecule has 6 nitrogen and oxygen atoms in total. The summed E-state index contributed by atoms with van der Waals surface area (Å²) in [6, 6.07) is 12.8. The van der Waals surface area contributed by atoms with Gasteiger partial charge in [0.2, 0.25) is 0 Å². The summed E-state index contributed by atoms with van der Waals surface area (Å²) in [5, 5.41) is 0.313. The lowest BCUT2D eigenvalue weighted by molar-refractivity contribution is 0.0302. The summed E-state index contributed by atoms with van der Waals surface area (Å²) in [5.41, 5.74) is 0.676. The second-order valence-electron chi connectivity index (χ2n) is 6.21. The molecule has 1 fully saturated rings. The summed E-state index contributed by atoms with van der Waals surface area (Å²) >= 11 is 6.22. The number of para-hydroxylation sites is 1. The molecule has 0 aromatic heterocycles. The molecule has 0 aliphatic carbocycles. The zero-order chi connectivity index (χ0) is 20.1. The highest BCUT2D eigenvalue weighted by molar-refractivity contribution is 7.92. The van der Waals surface area contributed by atoms with E-state index in [1.807, 2.05) is 0 Å². The van der Waals surface area contributed by atoms with Crippen LogP contribution in [0.25, 0.3) is 0 Å². The number of sulfonamides is 1. The summed E-state index contributed by atoms with van der Waals surface area (Å²) < 4.78 is 33.0. The summed E-state index contributed by atoms with van der Waals surface area (Å²) in [4.78, 5) is 14.4. The second-order valence-corrected chi connectivity index (χ2v) is 8.48. The number of anilines is 1. The molecule has 8 heteroatoms. The Labute approximate surface area is 170 Å². The number of hydrogen-bond donors (Lipinski definition) is 0. The van der Waals surface area contributed by atoms with E-state index in [1.54, 1.807) is 41.3 Å². The third-order valence-electron chi connectivity index (χ3n) is 4.38. The van der Waals surface area contributed by atoms with Crippen LogP contribution >= 0.6 is 11.6 Å². The molecule has 1 heterocycles. The fourth-order valence-corrected chi connectivity index (χ4v) is 4.75. The van der Waals surface area contributed by atoms with E-state index in [2.05, 4.69) is 6.58 Å². The zero-order valence-electron chi connectivity index (χ0n) is 15.3. The van der Waals surface area contributed by atoms with Crippen molar-refractivity contribution in [2.45, 2.75) is 4.90 Å². The predicted octanol–water partition coefficient (Wildman–Crippen LogP) is 3.19. The number of morpholine rings is 1. The normalized spacial score (nSPS) is 14.5. The molecule has 2 aromatic carbocycles. The highest BCUT2D eigenvalue weighted by Gasteiger charge is 2.27. The maximum atomic E-state index is 13.3. The predicted molar refractivity (Wildman–Crippen MR) is 109 cm³/mol. The van der Waals surface area contributed by atoms with Gasteiger partial charge >= 0.3 is 0 Å². The van der Waals surface area contributed by atoms with E-state index in [1.165, 1.54) is 22.5 Å². The highest BCUT2D eigenvalue weighted by Crippen LogP contribution is 2.30. The molecule has 148 valence electrons. The summed E-state index contributed by atoms with van der Waals surface area (Å²) in [7, 11) is -3.94. The van der Waals surface area contributed by atoms with Crippen LogP contribution in [0.15, 0.2) is 66.1 Å². The van der Waals surface area contributed by atoms with Crippen LogP contribution in [0.2, 0.25) is 5.02 Å². The number of carbonyl (C=O) groups excluding carboxylic acids is 1. The molecule has 0 saturated carbocycles. The van der Waals surface area contributed by atoms with Crippen molar-refractivity contribution in [1.29, 1.82) is 0 Å². The van der Waals surface area contributed by atoms with Gasteiger partial charge in [0.25, 0.3) is 15.9 Å². The van der Waals surface area contributed by atoms with Crippen molar-refractivity contribution >= 4 is 33.2 Å². The van der Waals surface area contributed by atoms with Gasteiger partial charge in [0, 0.05) is 18.7 Å². The molecule has 2 aromatic rings. The fraction of sp³-hybridized carbons (Fsp3) is 0.250. The number of rotatable bonds is 6. The first-order chi connectivity index (χ1) is 13.4. The molecule has 1 aliphatic heterocycles. The van der Waals surface area contributed by atoms with Gasteiger partial charge in [-0.2, -0.15) is 0 Å². The average Bonchev–Trinajstić information content (AvgIpc) is 2.73. The molecular formula is C20H21ClN2O4S. The van der Waals surface area contributed by atoms with E-state index in [4.69, 9.17) is 16.3 Å². The number of amides is 1. The molecule has 1 aliphatic rings. The van der Waals surface area contributed by atoms with Gasteiger partial charge in [-0.1, -0.05) is 35.9 Å². The van der Waals surface area contributed by atoms with E-state index >= 15 is 0 Å². The lowest BCUT2D eigenvalue weighted by Gasteiger charge is -2.27. The average molecular weight is 421 g/mol. The van der Waals surface area contributed by atoms with Gasteiger partial charge in [-0.05, 0) is 30.3 Å². The Balaban J connectivity index is 1.97. The van der Waals surface area contributed by atoms with Crippen molar-refractivity contribution in [2.24, 2.45) is 0 Å². The standard InChI is InChI=1S/C20H21ClN2O4S/c1-2-10-23(19-9-4-3-8-18(19)21)28(25,26)17-7-5-6-16(15-17)20(24)22-11-13-27-14-12-22/h2-9,15H,1,10-14H2. The van der Waals surface area contributed by atoms with Crippen molar-refractivity contribution in [2.75, 3.05) is 37.2 Å². The van der Waals surface area contributed by atoms with Crippen LogP contribution in [0.5, 0.6) is 0 Å². The summed E-state index contributed by atoms with van der Waals surface area (Å²) in [6.07, 6.45) is 1.49. The van der Waals surface area contributed by atoms with Crippen molar-refractivity contribution in [3.8, 4) is 0 Å². The molecule has 0 spiro atoms. The van der Waals surface area contributed by atoms with Gasteiger partial charge in [-0.25, -0.2) is 8.42 Å².